The highest BCUT2D eigenvalue weighted by Crippen LogP contribution is 2.16. The molecule has 108 valence electrons. The molecule has 0 radical (unpaired) electrons. The van der Waals surface area contributed by atoms with Crippen molar-refractivity contribution in [2.45, 2.75) is 19.3 Å². The van der Waals surface area contributed by atoms with Crippen LogP contribution in [-0.2, 0) is 4.79 Å². The predicted molar refractivity (Wildman–Crippen MR) is 77.4 cm³/mol. The molecular weight excluding hydrogens is 281 g/mol. The number of amides is 1. The van der Waals surface area contributed by atoms with Crippen LogP contribution < -0.4 is 5.43 Å². The Labute approximate surface area is 122 Å². The molecule has 2 rings (SSSR count). The molecule has 1 aromatic carbocycles. The van der Waals surface area contributed by atoms with Crippen molar-refractivity contribution >= 4 is 23.7 Å². The summed E-state index contributed by atoms with van der Waals surface area (Å²) in [4.78, 5) is 13.8. The Morgan fingerprint density at radius 2 is 2.15 bits per heavy atom. The Morgan fingerprint density at radius 1 is 1.40 bits per heavy atom. The summed E-state index contributed by atoms with van der Waals surface area (Å²) in [6.45, 7) is 2.20. The van der Waals surface area contributed by atoms with Gasteiger partial charge in [0.2, 0.25) is 0 Å². The van der Waals surface area contributed by atoms with E-state index in [0.717, 1.165) is 25.9 Å². The van der Waals surface area contributed by atoms with E-state index in [1.54, 1.807) is 6.07 Å². The lowest BCUT2D eigenvalue weighted by Crippen LogP contribution is -2.38. The maximum absolute atomic E-state index is 13.5. The molecule has 0 atom stereocenters. The molecule has 1 amide bonds. The number of nitrogens with one attached hydrogen (secondary N) is 1. The summed E-state index contributed by atoms with van der Waals surface area (Å²) in [5, 5.41) is 4.02. The molecule has 1 aliphatic rings. The van der Waals surface area contributed by atoms with Crippen molar-refractivity contribution in [2.75, 3.05) is 19.6 Å². The predicted octanol–water partition coefficient (Wildman–Crippen LogP) is 2.42. The van der Waals surface area contributed by atoms with Gasteiger partial charge in [0, 0.05) is 5.56 Å². The third-order valence-electron chi connectivity index (χ3n) is 3.20. The monoisotopic (exact) mass is 297 g/mol. The zero-order valence-electron chi connectivity index (χ0n) is 11.1. The Bertz CT molecular complexity index is 481. The van der Waals surface area contributed by atoms with Crippen LogP contribution in [0.25, 0.3) is 0 Å². The van der Waals surface area contributed by atoms with Gasteiger partial charge in [0.25, 0.3) is 5.91 Å². The summed E-state index contributed by atoms with van der Waals surface area (Å²) in [5.74, 6) is -0.665. The number of hydrogen-bond acceptors (Lipinski definition) is 3. The average molecular weight is 298 g/mol. The van der Waals surface area contributed by atoms with Crippen molar-refractivity contribution in [3.63, 3.8) is 0 Å². The van der Waals surface area contributed by atoms with Gasteiger partial charge in [-0.15, -0.1) is 0 Å². The van der Waals surface area contributed by atoms with Crippen molar-refractivity contribution in [3.05, 3.63) is 34.6 Å². The molecule has 0 unspecified atom stereocenters. The fourth-order valence-corrected chi connectivity index (χ4v) is 2.37. The summed E-state index contributed by atoms with van der Waals surface area (Å²) < 4.78 is 13.5. The third kappa shape index (κ3) is 4.28. The summed E-state index contributed by atoms with van der Waals surface area (Å²) in [5.41, 5.74) is 2.57. The van der Waals surface area contributed by atoms with Crippen LogP contribution >= 0.6 is 11.6 Å². The number of carbonyl (C=O) groups is 1. The maximum atomic E-state index is 13.5. The molecule has 0 bridgehead atoms. The topological polar surface area (TPSA) is 44.7 Å². The largest absolute Gasteiger partial charge is 0.294 e. The second-order valence-electron chi connectivity index (χ2n) is 4.77. The fourth-order valence-electron chi connectivity index (χ4n) is 2.16. The highest BCUT2D eigenvalue weighted by molar-refractivity contribution is 6.33. The third-order valence-corrected chi connectivity index (χ3v) is 3.53. The minimum absolute atomic E-state index is 0.174. The first kappa shape index (κ1) is 14.9. The van der Waals surface area contributed by atoms with Crippen LogP contribution in [0.2, 0.25) is 5.02 Å². The molecule has 4 nitrogen and oxygen atoms in total. The van der Waals surface area contributed by atoms with Gasteiger partial charge in [0.15, 0.2) is 0 Å². The minimum Gasteiger partial charge on any atom is -0.294 e. The highest BCUT2D eigenvalue weighted by atomic mass is 35.5. The first-order chi connectivity index (χ1) is 9.66. The molecular formula is C14H17ClFN3O. The molecule has 1 N–H and O–H groups in total. The second kappa shape index (κ2) is 7.36. The normalized spacial score (nSPS) is 16.5. The quantitative estimate of drug-likeness (QED) is 0.685. The SMILES string of the molecule is O=C(CN1CCCCC1)N/N=C/c1c(F)cccc1Cl. The van der Waals surface area contributed by atoms with Gasteiger partial charge in [-0.3, -0.25) is 9.69 Å². The molecule has 1 fully saturated rings. The molecule has 1 heterocycles. The summed E-state index contributed by atoms with van der Waals surface area (Å²) in [6, 6.07) is 4.38. The van der Waals surface area contributed by atoms with Gasteiger partial charge in [0.05, 0.1) is 17.8 Å². The molecule has 0 aliphatic carbocycles. The number of benzene rings is 1. The van der Waals surface area contributed by atoms with Gasteiger partial charge >= 0.3 is 0 Å². The summed E-state index contributed by atoms with van der Waals surface area (Å²) in [7, 11) is 0. The molecule has 1 aliphatic heterocycles. The molecule has 1 saturated heterocycles. The highest BCUT2D eigenvalue weighted by Gasteiger charge is 2.13. The summed E-state index contributed by atoms with van der Waals surface area (Å²) in [6.07, 6.45) is 4.70. The molecule has 0 aromatic heterocycles. The Morgan fingerprint density at radius 3 is 2.85 bits per heavy atom. The number of halogens is 2. The molecule has 6 heteroatoms. The smallest absolute Gasteiger partial charge is 0.254 e. The maximum Gasteiger partial charge on any atom is 0.254 e. The first-order valence-electron chi connectivity index (χ1n) is 6.65. The number of likely N-dealkylation sites (tertiary alicyclic amines) is 1. The molecule has 0 spiro atoms. The number of hydrogen-bond donors (Lipinski definition) is 1. The lowest BCUT2D eigenvalue weighted by atomic mass is 10.1. The van der Waals surface area contributed by atoms with Gasteiger partial charge in [-0.25, -0.2) is 9.82 Å². The van der Waals surface area contributed by atoms with Gasteiger partial charge < -0.3 is 0 Å². The van der Waals surface area contributed by atoms with Crippen LogP contribution in [0.4, 0.5) is 4.39 Å². The minimum atomic E-state index is -0.466. The zero-order valence-corrected chi connectivity index (χ0v) is 11.9. The Balaban J connectivity index is 1.84. The molecule has 20 heavy (non-hydrogen) atoms. The van der Waals surface area contributed by atoms with Crippen molar-refractivity contribution in [2.24, 2.45) is 5.10 Å². The lowest BCUT2D eigenvalue weighted by Gasteiger charge is -2.25. The van der Waals surface area contributed by atoms with Crippen LogP contribution in [0.1, 0.15) is 24.8 Å². The number of hydrazone groups is 1. The standard InChI is InChI=1S/C14H17ClFN3O/c15-12-5-4-6-13(16)11(12)9-17-18-14(20)10-19-7-2-1-3-8-19/h4-6,9H,1-3,7-8,10H2,(H,18,20)/b17-9+. The Kier molecular flexibility index (Phi) is 5.49. The number of carbonyl (C=O) groups excluding carboxylic acids is 1. The number of nitrogens with zero attached hydrogens (tertiary/aromatic N) is 2. The number of piperidine rings is 1. The Hall–Kier alpha value is -1.46. The van der Waals surface area contributed by atoms with Gasteiger partial charge in [-0.05, 0) is 38.1 Å². The van der Waals surface area contributed by atoms with E-state index >= 15 is 0 Å². The van der Waals surface area contributed by atoms with Crippen LogP contribution in [0.5, 0.6) is 0 Å². The van der Waals surface area contributed by atoms with E-state index in [0.29, 0.717) is 6.54 Å². The first-order valence-corrected chi connectivity index (χ1v) is 7.03. The van der Waals surface area contributed by atoms with Crippen LogP contribution in [0.15, 0.2) is 23.3 Å². The summed E-state index contributed by atoms with van der Waals surface area (Å²) >= 11 is 5.85. The lowest BCUT2D eigenvalue weighted by molar-refractivity contribution is -0.122. The second-order valence-corrected chi connectivity index (χ2v) is 5.17. The molecule has 0 saturated carbocycles. The van der Waals surface area contributed by atoms with Crippen molar-refractivity contribution in [3.8, 4) is 0 Å². The van der Waals surface area contributed by atoms with E-state index < -0.39 is 5.82 Å². The van der Waals surface area contributed by atoms with Gasteiger partial charge in [-0.1, -0.05) is 24.1 Å². The van der Waals surface area contributed by atoms with Crippen LogP contribution in [0.3, 0.4) is 0 Å². The van der Waals surface area contributed by atoms with Crippen molar-refractivity contribution in [1.82, 2.24) is 10.3 Å². The molecule has 1 aromatic rings. The van der Waals surface area contributed by atoms with Gasteiger partial charge in [-0.2, -0.15) is 5.10 Å². The van der Waals surface area contributed by atoms with E-state index in [1.165, 1.54) is 24.8 Å². The van der Waals surface area contributed by atoms with E-state index in [4.69, 9.17) is 11.6 Å². The van der Waals surface area contributed by atoms with Gasteiger partial charge in [0.1, 0.15) is 5.82 Å². The fraction of sp³-hybridized carbons (Fsp3) is 0.429. The van der Waals surface area contributed by atoms with Crippen molar-refractivity contribution in [1.29, 1.82) is 0 Å². The average Bonchev–Trinajstić information content (AvgIpc) is 2.43. The number of rotatable bonds is 4. The van der Waals surface area contributed by atoms with E-state index in [1.807, 2.05) is 0 Å². The van der Waals surface area contributed by atoms with Crippen LogP contribution in [0, 0.1) is 5.82 Å². The van der Waals surface area contributed by atoms with E-state index in [-0.39, 0.29) is 16.5 Å². The van der Waals surface area contributed by atoms with E-state index in [9.17, 15) is 9.18 Å². The zero-order chi connectivity index (χ0) is 14.4. The van der Waals surface area contributed by atoms with Crippen molar-refractivity contribution < 1.29 is 9.18 Å². The van der Waals surface area contributed by atoms with Crippen LogP contribution in [-0.4, -0.2) is 36.7 Å². The van der Waals surface area contributed by atoms with E-state index in [2.05, 4.69) is 15.4 Å².